The van der Waals surface area contributed by atoms with E-state index in [0.717, 1.165) is 29.8 Å². The summed E-state index contributed by atoms with van der Waals surface area (Å²) < 4.78 is 34.0. The maximum atomic E-state index is 13.4. The van der Waals surface area contributed by atoms with Crippen LogP contribution in [-0.2, 0) is 21.2 Å². The standard InChI is InChI=1S/C21H29NO3S/c1-3-25-16-15-19-11-14-21(18-7-5-4-6-8-18)22(19)26(23,24)20-12-9-17(2)10-13-20/h9-14,18H,3-8,15-16H2,1-2H3. The Morgan fingerprint density at radius 2 is 1.73 bits per heavy atom. The number of rotatable bonds is 7. The van der Waals surface area contributed by atoms with Crippen molar-refractivity contribution in [3.8, 4) is 0 Å². The molecule has 0 radical (unpaired) electrons. The van der Waals surface area contributed by atoms with Gasteiger partial charge in [0.15, 0.2) is 0 Å². The summed E-state index contributed by atoms with van der Waals surface area (Å²) >= 11 is 0. The SMILES string of the molecule is CCOCCc1ccc(C2CCCCC2)n1S(=O)(=O)c1ccc(C)cc1. The Hall–Kier alpha value is -1.59. The lowest BCUT2D eigenvalue weighted by molar-refractivity contribution is 0.150. The van der Waals surface area contributed by atoms with Gasteiger partial charge >= 0.3 is 0 Å². The molecule has 142 valence electrons. The average Bonchev–Trinajstić information content (AvgIpc) is 3.08. The van der Waals surface area contributed by atoms with Crippen molar-refractivity contribution in [3.63, 3.8) is 0 Å². The monoisotopic (exact) mass is 375 g/mol. The van der Waals surface area contributed by atoms with Crippen LogP contribution < -0.4 is 0 Å². The van der Waals surface area contributed by atoms with Gasteiger partial charge in [0.25, 0.3) is 10.0 Å². The molecule has 0 bridgehead atoms. The summed E-state index contributed by atoms with van der Waals surface area (Å²) in [6.07, 6.45) is 6.34. The average molecular weight is 376 g/mol. The van der Waals surface area contributed by atoms with Crippen LogP contribution in [0.3, 0.4) is 0 Å². The molecule has 0 unspecified atom stereocenters. The Kier molecular flexibility index (Phi) is 6.20. The zero-order chi connectivity index (χ0) is 18.6. The van der Waals surface area contributed by atoms with Crippen LogP contribution in [0.5, 0.6) is 0 Å². The van der Waals surface area contributed by atoms with Gasteiger partial charge in [-0.25, -0.2) is 12.4 Å². The van der Waals surface area contributed by atoms with Crippen molar-refractivity contribution >= 4 is 10.0 Å². The molecule has 0 amide bonds. The number of aromatic nitrogens is 1. The first-order valence-electron chi connectivity index (χ1n) is 9.64. The van der Waals surface area contributed by atoms with Gasteiger partial charge in [0.2, 0.25) is 0 Å². The summed E-state index contributed by atoms with van der Waals surface area (Å²) in [5.41, 5.74) is 2.82. The molecule has 26 heavy (non-hydrogen) atoms. The van der Waals surface area contributed by atoms with Gasteiger partial charge in [0.1, 0.15) is 0 Å². The van der Waals surface area contributed by atoms with Crippen LogP contribution in [0.15, 0.2) is 41.3 Å². The van der Waals surface area contributed by atoms with E-state index in [2.05, 4.69) is 0 Å². The molecule has 1 aliphatic rings. The second-order valence-corrected chi connectivity index (χ2v) is 8.90. The number of ether oxygens (including phenoxy) is 1. The highest BCUT2D eigenvalue weighted by Gasteiger charge is 2.27. The van der Waals surface area contributed by atoms with Gasteiger partial charge < -0.3 is 4.74 Å². The molecule has 1 heterocycles. The summed E-state index contributed by atoms with van der Waals surface area (Å²) in [6.45, 7) is 5.09. The van der Waals surface area contributed by atoms with E-state index in [-0.39, 0.29) is 0 Å². The van der Waals surface area contributed by atoms with Gasteiger partial charge in [0, 0.05) is 30.3 Å². The van der Waals surface area contributed by atoms with Crippen LogP contribution in [0.4, 0.5) is 0 Å². The molecule has 2 aromatic rings. The van der Waals surface area contributed by atoms with Crippen molar-refractivity contribution in [3.05, 3.63) is 53.3 Å². The highest BCUT2D eigenvalue weighted by atomic mass is 32.2. The third-order valence-corrected chi connectivity index (χ3v) is 7.03. The molecule has 0 N–H and O–H groups in total. The zero-order valence-corrected chi connectivity index (χ0v) is 16.6. The second kappa shape index (κ2) is 8.40. The fraction of sp³-hybridized carbons (Fsp3) is 0.524. The van der Waals surface area contributed by atoms with Crippen LogP contribution in [0.25, 0.3) is 0 Å². The summed E-state index contributed by atoms with van der Waals surface area (Å²) in [7, 11) is -3.60. The van der Waals surface area contributed by atoms with Crippen molar-refractivity contribution in [2.45, 2.75) is 63.2 Å². The Bertz CT molecular complexity index is 815. The van der Waals surface area contributed by atoms with Crippen LogP contribution in [0.2, 0.25) is 0 Å². The number of benzene rings is 1. The lowest BCUT2D eigenvalue weighted by atomic mass is 9.87. The Balaban J connectivity index is 2.03. The minimum Gasteiger partial charge on any atom is -0.381 e. The predicted molar refractivity (Wildman–Crippen MR) is 104 cm³/mol. The van der Waals surface area contributed by atoms with Gasteiger partial charge in [-0.3, -0.25) is 0 Å². The first-order valence-corrected chi connectivity index (χ1v) is 11.1. The zero-order valence-electron chi connectivity index (χ0n) is 15.8. The molecule has 1 saturated carbocycles. The van der Waals surface area contributed by atoms with Gasteiger partial charge in [-0.2, -0.15) is 0 Å². The Morgan fingerprint density at radius 1 is 1.04 bits per heavy atom. The number of aryl methyl sites for hydroxylation is 1. The van der Waals surface area contributed by atoms with Crippen LogP contribution >= 0.6 is 0 Å². The fourth-order valence-corrected chi connectivity index (χ4v) is 5.44. The lowest BCUT2D eigenvalue weighted by Gasteiger charge is -2.24. The molecular weight excluding hydrogens is 346 g/mol. The quantitative estimate of drug-likeness (QED) is 0.661. The Morgan fingerprint density at radius 3 is 2.38 bits per heavy atom. The van der Waals surface area contributed by atoms with E-state index in [0.29, 0.717) is 30.4 Å². The summed E-state index contributed by atoms with van der Waals surface area (Å²) in [4.78, 5) is 0.356. The van der Waals surface area contributed by atoms with Crippen molar-refractivity contribution in [2.75, 3.05) is 13.2 Å². The third kappa shape index (κ3) is 4.04. The fourth-order valence-electron chi connectivity index (χ4n) is 3.80. The predicted octanol–water partition coefficient (Wildman–Crippen LogP) is 4.66. The van der Waals surface area contributed by atoms with E-state index in [1.165, 1.54) is 19.3 Å². The number of hydrogen-bond donors (Lipinski definition) is 0. The van der Waals surface area contributed by atoms with E-state index in [1.54, 1.807) is 16.1 Å². The lowest BCUT2D eigenvalue weighted by Crippen LogP contribution is -2.21. The molecule has 4 nitrogen and oxygen atoms in total. The van der Waals surface area contributed by atoms with E-state index in [4.69, 9.17) is 4.74 Å². The first-order chi connectivity index (χ1) is 12.5. The normalized spacial score (nSPS) is 16.1. The highest BCUT2D eigenvalue weighted by molar-refractivity contribution is 7.90. The topological polar surface area (TPSA) is 48.3 Å². The van der Waals surface area contributed by atoms with Gasteiger partial charge in [-0.15, -0.1) is 0 Å². The molecule has 0 aliphatic heterocycles. The number of nitrogens with zero attached hydrogens (tertiary/aromatic N) is 1. The van der Waals surface area contributed by atoms with Gasteiger partial charge in [0.05, 0.1) is 11.5 Å². The molecular formula is C21H29NO3S. The molecule has 1 fully saturated rings. The molecule has 3 rings (SSSR count). The van der Waals surface area contributed by atoms with Crippen molar-refractivity contribution in [2.24, 2.45) is 0 Å². The van der Waals surface area contributed by atoms with E-state index in [9.17, 15) is 8.42 Å². The van der Waals surface area contributed by atoms with Gasteiger partial charge in [-0.05, 0) is 51.0 Å². The molecule has 0 saturated heterocycles. The van der Waals surface area contributed by atoms with Crippen LogP contribution in [0, 0.1) is 6.92 Å². The maximum absolute atomic E-state index is 13.4. The molecule has 0 atom stereocenters. The van der Waals surface area contributed by atoms with Crippen LogP contribution in [-0.4, -0.2) is 25.6 Å². The van der Waals surface area contributed by atoms with Crippen molar-refractivity contribution < 1.29 is 13.2 Å². The van der Waals surface area contributed by atoms with Crippen molar-refractivity contribution in [1.29, 1.82) is 0 Å². The van der Waals surface area contributed by atoms with Crippen molar-refractivity contribution in [1.82, 2.24) is 3.97 Å². The van der Waals surface area contributed by atoms with Crippen LogP contribution in [0.1, 0.15) is 61.9 Å². The summed E-state index contributed by atoms with van der Waals surface area (Å²) in [5.74, 6) is 0.324. The molecule has 0 spiro atoms. The number of hydrogen-bond acceptors (Lipinski definition) is 3. The van der Waals surface area contributed by atoms with E-state index >= 15 is 0 Å². The van der Waals surface area contributed by atoms with E-state index < -0.39 is 10.0 Å². The highest BCUT2D eigenvalue weighted by Crippen LogP contribution is 2.35. The molecule has 1 aromatic carbocycles. The minimum atomic E-state index is -3.60. The molecule has 5 heteroatoms. The second-order valence-electron chi connectivity index (χ2n) is 7.11. The maximum Gasteiger partial charge on any atom is 0.268 e. The molecule has 1 aliphatic carbocycles. The van der Waals surface area contributed by atoms with E-state index in [1.807, 2.05) is 38.1 Å². The molecule has 1 aromatic heterocycles. The Labute approximate surface area is 157 Å². The third-order valence-electron chi connectivity index (χ3n) is 5.23. The largest absolute Gasteiger partial charge is 0.381 e. The first kappa shape index (κ1) is 19.2. The summed E-state index contributed by atoms with van der Waals surface area (Å²) in [6, 6.07) is 11.1. The smallest absolute Gasteiger partial charge is 0.268 e. The minimum absolute atomic E-state index is 0.324. The summed E-state index contributed by atoms with van der Waals surface area (Å²) in [5, 5.41) is 0. The van der Waals surface area contributed by atoms with Gasteiger partial charge in [-0.1, -0.05) is 37.0 Å².